The summed E-state index contributed by atoms with van der Waals surface area (Å²) in [5.74, 6) is 0.675. The molecule has 0 spiro atoms. The lowest BCUT2D eigenvalue weighted by atomic mass is 10.2. The van der Waals surface area contributed by atoms with E-state index in [0.29, 0.717) is 17.9 Å². The summed E-state index contributed by atoms with van der Waals surface area (Å²) in [4.78, 5) is 17.3. The number of nitrogens with one attached hydrogen (secondary N) is 1. The number of hydrogen-bond donors (Lipinski definition) is 1. The standard InChI is InChI=1S/C12H14N4O2/c1-18-12(17)15-10-4-6-16(8-10)11-9(7-13)3-2-5-14-11/h2-3,5,10H,4,6,8H2,1H3,(H,15,17). The Morgan fingerprint density at radius 3 is 3.28 bits per heavy atom. The summed E-state index contributed by atoms with van der Waals surface area (Å²) in [6.07, 6.45) is 2.05. The van der Waals surface area contributed by atoms with Gasteiger partial charge >= 0.3 is 6.09 Å². The van der Waals surface area contributed by atoms with E-state index < -0.39 is 6.09 Å². The number of amides is 1. The van der Waals surface area contributed by atoms with Crippen LogP contribution in [-0.4, -0.2) is 37.3 Å². The van der Waals surface area contributed by atoms with Crippen molar-refractivity contribution < 1.29 is 9.53 Å². The third-order valence-corrected chi connectivity index (χ3v) is 2.90. The second-order valence-electron chi connectivity index (χ2n) is 4.05. The molecule has 1 aliphatic rings. The molecule has 1 aliphatic heterocycles. The highest BCUT2D eigenvalue weighted by molar-refractivity contribution is 5.67. The van der Waals surface area contributed by atoms with E-state index in [1.807, 2.05) is 4.90 Å². The summed E-state index contributed by atoms with van der Waals surface area (Å²) >= 11 is 0. The summed E-state index contributed by atoms with van der Waals surface area (Å²) in [6, 6.07) is 5.63. The Hall–Kier alpha value is -2.29. The van der Waals surface area contributed by atoms with E-state index >= 15 is 0 Å². The first kappa shape index (κ1) is 12.2. The Bertz CT molecular complexity index is 483. The summed E-state index contributed by atoms with van der Waals surface area (Å²) in [7, 11) is 1.34. The van der Waals surface area contributed by atoms with Crippen molar-refractivity contribution in [2.45, 2.75) is 12.5 Å². The number of alkyl carbamates (subject to hydrolysis) is 1. The molecular formula is C12H14N4O2. The molecule has 1 unspecified atom stereocenters. The van der Waals surface area contributed by atoms with Gasteiger partial charge in [0.1, 0.15) is 11.9 Å². The van der Waals surface area contributed by atoms with Crippen molar-refractivity contribution in [3.63, 3.8) is 0 Å². The van der Waals surface area contributed by atoms with Crippen LogP contribution in [0.1, 0.15) is 12.0 Å². The predicted octanol–water partition coefficient (Wildman–Crippen LogP) is 0.888. The van der Waals surface area contributed by atoms with Gasteiger partial charge in [0.25, 0.3) is 0 Å². The number of methoxy groups -OCH3 is 1. The smallest absolute Gasteiger partial charge is 0.407 e. The number of nitriles is 1. The molecule has 1 aromatic rings. The van der Waals surface area contributed by atoms with Crippen LogP contribution in [0, 0.1) is 11.3 Å². The van der Waals surface area contributed by atoms with E-state index in [-0.39, 0.29) is 6.04 Å². The highest BCUT2D eigenvalue weighted by atomic mass is 16.5. The monoisotopic (exact) mass is 246 g/mol. The molecule has 18 heavy (non-hydrogen) atoms. The summed E-state index contributed by atoms with van der Waals surface area (Å²) in [5.41, 5.74) is 0.552. The molecule has 6 heteroatoms. The Kier molecular flexibility index (Phi) is 3.63. The van der Waals surface area contributed by atoms with Crippen molar-refractivity contribution in [1.29, 1.82) is 5.26 Å². The van der Waals surface area contributed by atoms with E-state index in [2.05, 4.69) is 21.1 Å². The molecule has 6 nitrogen and oxygen atoms in total. The van der Waals surface area contributed by atoms with Crippen LogP contribution in [0.4, 0.5) is 10.6 Å². The number of nitrogens with zero attached hydrogens (tertiary/aromatic N) is 3. The van der Waals surface area contributed by atoms with Gasteiger partial charge in [0.05, 0.1) is 18.7 Å². The Labute approximate surface area is 105 Å². The van der Waals surface area contributed by atoms with E-state index in [4.69, 9.17) is 5.26 Å². The molecule has 1 fully saturated rings. The molecule has 2 heterocycles. The predicted molar refractivity (Wildman–Crippen MR) is 65.1 cm³/mol. The van der Waals surface area contributed by atoms with Gasteiger partial charge in [-0.15, -0.1) is 0 Å². The lowest BCUT2D eigenvalue weighted by molar-refractivity contribution is 0.167. The molecule has 2 rings (SSSR count). The van der Waals surface area contributed by atoms with Gasteiger partial charge in [-0.2, -0.15) is 5.26 Å². The molecule has 1 atom stereocenters. The van der Waals surface area contributed by atoms with Crippen molar-refractivity contribution in [3.05, 3.63) is 23.9 Å². The highest BCUT2D eigenvalue weighted by Crippen LogP contribution is 2.21. The van der Waals surface area contributed by atoms with E-state index in [1.54, 1.807) is 18.3 Å². The zero-order valence-corrected chi connectivity index (χ0v) is 10.1. The van der Waals surface area contributed by atoms with Gasteiger partial charge in [0.15, 0.2) is 0 Å². The molecule has 0 aromatic carbocycles. The number of ether oxygens (including phenoxy) is 1. The zero-order valence-electron chi connectivity index (χ0n) is 10.1. The average Bonchev–Trinajstić information content (AvgIpc) is 2.86. The molecule has 1 aromatic heterocycles. The van der Waals surface area contributed by atoms with Crippen LogP contribution in [0.2, 0.25) is 0 Å². The third kappa shape index (κ3) is 2.51. The molecule has 0 radical (unpaired) electrons. The highest BCUT2D eigenvalue weighted by Gasteiger charge is 2.26. The topological polar surface area (TPSA) is 78.2 Å². The summed E-state index contributed by atoms with van der Waals surface area (Å²) in [5, 5.41) is 11.8. The number of rotatable bonds is 2. The third-order valence-electron chi connectivity index (χ3n) is 2.90. The van der Waals surface area contributed by atoms with Gasteiger partial charge in [-0.05, 0) is 18.6 Å². The molecular weight excluding hydrogens is 232 g/mol. The minimum Gasteiger partial charge on any atom is -0.453 e. The van der Waals surface area contributed by atoms with Crippen LogP contribution in [0.3, 0.4) is 0 Å². The maximum absolute atomic E-state index is 11.1. The van der Waals surface area contributed by atoms with Gasteiger partial charge in [0.2, 0.25) is 0 Å². The number of hydrogen-bond acceptors (Lipinski definition) is 5. The maximum atomic E-state index is 11.1. The first-order chi connectivity index (χ1) is 8.74. The van der Waals surface area contributed by atoms with Crippen LogP contribution in [-0.2, 0) is 4.74 Å². The summed E-state index contributed by atoms with van der Waals surface area (Å²) in [6.45, 7) is 1.40. The van der Waals surface area contributed by atoms with Gasteiger partial charge in [-0.25, -0.2) is 9.78 Å². The number of anilines is 1. The molecule has 0 bridgehead atoms. The molecule has 0 aliphatic carbocycles. The van der Waals surface area contributed by atoms with Gasteiger partial charge in [-0.1, -0.05) is 0 Å². The molecule has 94 valence electrons. The molecule has 0 saturated carbocycles. The van der Waals surface area contributed by atoms with Gasteiger partial charge < -0.3 is 15.0 Å². The molecule has 1 N–H and O–H groups in total. The van der Waals surface area contributed by atoms with Crippen molar-refractivity contribution in [2.24, 2.45) is 0 Å². The van der Waals surface area contributed by atoms with Crippen LogP contribution in [0.15, 0.2) is 18.3 Å². The first-order valence-corrected chi connectivity index (χ1v) is 5.69. The lowest BCUT2D eigenvalue weighted by Crippen LogP contribution is -2.37. The molecule has 1 amide bonds. The number of aromatic nitrogens is 1. The lowest BCUT2D eigenvalue weighted by Gasteiger charge is -2.18. The number of carbonyl (C=O) groups excluding carboxylic acids is 1. The average molecular weight is 246 g/mol. The summed E-state index contributed by atoms with van der Waals surface area (Å²) < 4.78 is 4.56. The number of pyridine rings is 1. The SMILES string of the molecule is COC(=O)NC1CCN(c2ncccc2C#N)C1. The van der Waals surface area contributed by atoms with Crippen LogP contribution in [0.25, 0.3) is 0 Å². The van der Waals surface area contributed by atoms with Crippen molar-refractivity contribution >= 4 is 11.9 Å². The second-order valence-corrected chi connectivity index (χ2v) is 4.05. The Morgan fingerprint density at radius 2 is 2.56 bits per heavy atom. The number of carbonyl (C=O) groups is 1. The fraction of sp³-hybridized carbons (Fsp3) is 0.417. The van der Waals surface area contributed by atoms with Crippen molar-refractivity contribution in [1.82, 2.24) is 10.3 Å². The first-order valence-electron chi connectivity index (χ1n) is 5.69. The second kappa shape index (κ2) is 5.36. The quantitative estimate of drug-likeness (QED) is 0.838. The van der Waals surface area contributed by atoms with E-state index in [1.165, 1.54) is 7.11 Å². The van der Waals surface area contributed by atoms with Crippen LogP contribution >= 0.6 is 0 Å². The van der Waals surface area contributed by atoms with E-state index in [9.17, 15) is 4.79 Å². The Morgan fingerprint density at radius 1 is 1.72 bits per heavy atom. The van der Waals surface area contributed by atoms with Crippen molar-refractivity contribution in [3.8, 4) is 6.07 Å². The minimum atomic E-state index is -0.427. The fourth-order valence-corrected chi connectivity index (χ4v) is 2.03. The largest absolute Gasteiger partial charge is 0.453 e. The normalized spacial score (nSPS) is 18.2. The molecule has 1 saturated heterocycles. The van der Waals surface area contributed by atoms with Crippen LogP contribution < -0.4 is 10.2 Å². The fourth-order valence-electron chi connectivity index (χ4n) is 2.03. The van der Waals surface area contributed by atoms with Crippen molar-refractivity contribution in [2.75, 3.05) is 25.1 Å². The van der Waals surface area contributed by atoms with Gasteiger partial charge in [-0.3, -0.25) is 0 Å². The maximum Gasteiger partial charge on any atom is 0.407 e. The van der Waals surface area contributed by atoms with Crippen LogP contribution in [0.5, 0.6) is 0 Å². The van der Waals surface area contributed by atoms with Gasteiger partial charge in [0, 0.05) is 19.3 Å². The Balaban J connectivity index is 2.05. The van der Waals surface area contributed by atoms with E-state index in [0.717, 1.165) is 13.0 Å². The zero-order chi connectivity index (χ0) is 13.0. The minimum absolute atomic E-state index is 0.0333.